The largest absolute Gasteiger partial charge is 0.497 e. The summed E-state index contributed by atoms with van der Waals surface area (Å²) in [6, 6.07) is 9.23. The summed E-state index contributed by atoms with van der Waals surface area (Å²) in [5, 5.41) is 0. The van der Waals surface area contributed by atoms with E-state index in [0.29, 0.717) is 0 Å². The van der Waals surface area contributed by atoms with Gasteiger partial charge in [0, 0.05) is 6.20 Å². The molecule has 0 aliphatic heterocycles. The fraction of sp³-hybridized carbons (Fsp3) is 0.167. The summed E-state index contributed by atoms with van der Waals surface area (Å²) in [6.45, 7) is 0. The molecule has 0 aliphatic rings. The predicted octanol–water partition coefficient (Wildman–Crippen LogP) is 1.53. The Kier molecular flexibility index (Phi) is 3.12. The van der Waals surface area contributed by atoms with Crippen molar-refractivity contribution in [3.63, 3.8) is 0 Å². The van der Waals surface area contributed by atoms with Crippen molar-refractivity contribution in [2.45, 2.75) is 6.04 Å². The maximum absolute atomic E-state index is 6.08. The number of ether oxygens (including phenoxy) is 1. The lowest BCUT2D eigenvalue weighted by atomic mass is 10.0. The molecule has 2 N–H and O–H groups in total. The Morgan fingerprint density at radius 1 is 1.19 bits per heavy atom. The summed E-state index contributed by atoms with van der Waals surface area (Å²) < 4.78 is 5.09. The first kappa shape index (κ1) is 10.6. The van der Waals surface area contributed by atoms with Gasteiger partial charge in [-0.3, -0.25) is 0 Å². The highest BCUT2D eigenvalue weighted by molar-refractivity contribution is 5.32. The van der Waals surface area contributed by atoms with Crippen molar-refractivity contribution in [3.8, 4) is 5.75 Å². The highest BCUT2D eigenvalue weighted by Crippen LogP contribution is 2.19. The Morgan fingerprint density at radius 2 is 1.94 bits per heavy atom. The molecule has 0 saturated heterocycles. The first-order valence-corrected chi connectivity index (χ1v) is 4.96. The van der Waals surface area contributed by atoms with E-state index in [9.17, 15) is 0 Å². The predicted molar refractivity (Wildman–Crippen MR) is 61.1 cm³/mol. The molecule has 1 heterocycles. The molecule has 1 unspecified atom stereocenters. The van der Waals surface area contributed by atoms with Gasteiger partial charge in [0.1, 0.15) is 12.1 Å². The maximum Gasteiger partial charge on any atom is 0.118 e. The van der Waals surface area contributed by atoms with E-state index < -0.39 is 0 Å². The molecule has 0 bridgehead atoms. The number of hydrogen-bond donors (Lipinski definition) is 1. The van der Waals surface area contributed by atoms with Crippen molar-refractivity contribution < 1.29 is 4.74 Å². The second-order valence-corrected chi connectivity index (χ2v) is 3.39. The van der Waals surface area contributed by atoms with Crippen LogP contribution in [-0.4, -0.2) is 17.1 Å². The Hall–Kier alpha value is -1.94. The first-order chi connectivity index (χ1) is 7.81. The van der Waals surface area contributed by atoms with Crippen LogP contribution in [-0.2, 0) is 0 Å². The molecule has 1 atom stereocenters. The van der Waals surface area contributed by atoms with Gasteiger partial charge in [0.05, 0.1) is 18.8 Å². The van der Waals surface area contributed by atoms with E-state index >= 15 is 0 Å². The average Bonchev–Trinajstić information content (AvgIpc) is 2.39. The molecule has 0 fully saturated rings. The zero-order valence-electron chi connectivity index (χ0n) is 9.00. The number of methoxy groups -OCH3 is 1. The van der Waals surface area contributed by atoms with E-state index in [2.05, 4.69) is 9.97 Å². The van der Waals surface area contributed by atoms with Crippen molar-refractivity contribution in [3.05, 3.63) is 54.1 Å². The second kappa shape index (κ2) is 4.72. The molecule has 0 aliphatic carbocycles. The maximum atomic E-state index is 6.08. The van der Waals surface area contributed by atoms with Gasteiger partial charge in [-0.05, 0) is 23.8 Å². The van der Waals surface area contributed by atoms with Crippen LogP contribution in [0.2, 0.25) is 0 Å². The van der Waals surface area contributed by atoms with Crippen molar-refractivity contribution in [2.24, 2.45) is 5.73 Å². The molecule has 1 aromatic carbocycles. The average molecular weight is 215 g/mol. The lowest BCUT2D eigenvalue weighted by Crippen LogP contribution is -2.13. The van der Waals surface area contributed by atoms with Crippen molar-refractivity contribution in [1.29, 1.82) is 0 Å². The Morgan fingerprint density at radius 3 is 2.50 bits per heavy atom. The van der Waals surface area contributed by atoms with Crippen LogP contribution in [0.4, 0.5) is 0 Å². The van der Waals surface area contributed by atoms with Crippen LogP contribution >= 0.6 is 0 Å². The van der Waals surface area contributed by atoms with E-state index in [1.165, 1.54) is 6.33 Å². The molecule has 0 spiro atoms. The molecule has 2 rings (SSSR count). The third-order valence-corrected chi connectivity index (χ3v) is 2.40. The number of rotatable bonds is 3. The van der Waals surface area contributed by atoms with Crippen LogP contribution in [0.1, 0.15) is 17.3 Å². The van der Waals surface area contributed by atoms with E-state index in [0.717, 1.165) is 17.0 Å². The van der Waals surface area contributed by atoms with Crippen LogP contribution in [0, 0.1) is 0 Å². The molecule has 4 heteroatoms. The summed E-state index contributed by atoms with van der Waals surface area (Å²) in [5.74, 6) is 0.818. The van der Waals surface area contributed by atoms with Gasteiger partial charge < -0.3 is 10.5 Å². The highest BCUT2D eigenvalue weighted by atomic mass is 16.5. The number of nitrogens with two attached hydrogens (primary N) is 1. The molecule has 0 radical (unpaired) electrons. The van der Waals surface area contributed by atoms with Crippen LogP contribution in [0.3, 0.4) is 0 Å². The third-order valence-electron chi connectivity index (χ3n) is 2.40. The molecular formula is C12H13N3O. The SMILES string of the molecule is COc1ccc(C(N)c2ccncn2)cc1. The van der Waals surface area contributed by atoms with Crippen molar-refractivity contribution in [2.75, 3.05) is 7.11 Å². The number of nitrogens with zero attached hydrogens (tertiary/aromatic N) is 2. The topological polar surface area (TPSA) is 61.0 Å². The smallest absolute Gasteiger partial charge is 0.118 e. The Bertz CT molecular complexity index is 442. The van der Waals surface area contributed by atoms with E-state index in [4.69, 9.17) is 10.5 Å². The lowest BCUT2D eigenvalue weighted by Gasteiger charge is -2.11. The van der Waals surface area contributed by atoms with Crippen molar-refractivity contribution >= 4 is 0 Å². The van der Waals surface area contributed by atoms with Gasteiger partial charge in [-0.1, -0.05) is 12.1 Å². The fourth-order valence-corrected chi connectivity index (χ4v) is 1.47. The molecule has 82 valence electrons. The summed E-state index contributed by atoms with van der Waals surface area (Å²) in [6.07, 6.45) is 3.18. The van der Waals surface area contributed by atoms with Crippen molar-refractivity contribution in [1.82, 2.24) is 9.97 Å². The van der Waals surface area contributed by atoms with Gasteiger partial charge in [-0.25, -0.2) is 9.97 Å². The summed E-state index contributed by atoms with van der Waals surface area (Å²) >= 11 is 0. The third kappa shape index (κ3) is 2.17. The number of hydrogen-bond acceptors (Lipinski definition) is 4. The number of aromatic nitrogens is 2. The fourth-order valence-electron chi connectivity index (χ4n) is 1.47. The summed E-state index contributed by atoms with van der Waals surface area (Å²) in [7, 11) is 1.64. The molecular weight excluding hydrogens is 202 g/mol. The quantitative estimate of drug-likeness (QED) is 0.843. The zero-order chi connectivity index (χ0) is 11.4. The van der Waals surface area contributed by atoms with Gasteiger partial charge in [-0.15, -0.1) is 0 Å². The van der Waals surface area contributed by atoms with Gasteiger partial charge in [-0.2, -0.15) is 0 Å². The first-order valence-electron chi connectivity index (χ1n) is 4.96. The van der Waals surface area contributed by atoms with E-state index in [1.807, 2.05) is 30.3 Å². The summed E-state index contributed by atoms with van der Waals surface area (Å²) in [5.41, 5.74) is 7.88. The molecule has 0 amide bonds. The molecule has 2 aromatic rings. The van der Waals surface area contributed by atoms with Gasteiger partial charge in [0.15, 0.2) is 0 Å². The molecule has 1 aromatic heterocycles. The Labute approximate surface area is 94.1 Å². The monoisotopic (exact) mass is 215 g/mol. The minimum atomic E-state index is -0.228. The van der Waals surface area contributed by atoms with Gasteiger partial charge in [0.25, 0.3) is 0 Å². The van der Waals surface area contributed by atoms with Gasteiger partial charge >= 0.3 is 0 Å². The highest BCUT2D eigenvalue weighted by Gasteiger charge is 2.09. The minimum absolute atomic E-state index is 0.228. The van der Waals surface area contributed by atoms with Crippen LogP contribution in [0.5, 0.6) is 5.75 Å². The van der Waals surface area contributed by atoms with Gasteiger partial charge in [0.2, 0.25) is 0 Å². The summed E-state index contributed by atoms with van der Waals surface area (Å²) in [4.78, 5) is 7.99. The molecule has 4 nitrogen and oxygen atoms in total. The Balaban J connectivity index is 2.24. The van der Waals surface area contributed by atoms with Crippen LogP contribution in [0.15, 0.2) is 42.9 Å². The normalized spacial score (nSPS) is 12.1. The molecule has 0 saturated carbocycles. The van der Waals surface area contributed by atoms with Crippen LogP contribution < -0.4 is 10.5 Å². The standard InChI is InChI=1S/C12H13N3O/c1-16-10-4-2-9(3-5-10)12(13)11-6-7-14-8-15-11/h2-8,12H,13H2,1H3. The molecule has 16 heavy (non-hydrogen) atoms. The number of benzene rings is 1. The minimum Gasteiger partial charge on any atom is -0.497 e. The van der Waals surface area contributed by atoms with Crippen LogP contribution in [0.25, 0.3) is 0 Å². The zero-order valence-corrected chi connectivity index (χ0v) is 9.00. The second-order valence-electron chi connectivity index (χ2n) is 3.39. The lowest BCUT2D eigenvalue weighted by molar-refractivity contribution is 0.414. The van der Waals surface area contributed by atoms with E-state index in [1.54, 1.807) is 13.3 Å². The van der Waals surface area contributed by atoms with E-state index in [-0.39, 0.29) is 6.04 Å².